The summed E-state index contributed by atoms with van der Waals surface area (Å²) in [5.74, 6) is -5.05. The van der Waals surface area contributed by atoms with E-state index in [0.717, 1.165) is 12.1 Å². The number of phenols is 1. The maximum Gasteiger partial charge on any atom is 0.455 e. The molecular weight excluding hydrogens is 281 g/mol. The second kappa shape index (κ2) is 4.59. The lowest BCUT2D eigenvalue weighted by Gasteiger charge is -2.26. The van der Waals surface area contributed by atoms with Crippen LogP contribution in [0.3, 0.4) is 0 Å². The number of alkyl halides is 5. The summed E-state index contributed by atoms with van der Waals surface area (Å²) in [5.41, 5.74) is 4.73. The Morgan fingerprint density at radius 3 is 2.05 bits per heavy atom. The average Bonchev–Trinajstić information content (AvgIpc) is 2.35. The molecule has 0 heterocycles. The Balaban J connectivity index is 2.45. The highest BCUT2D eigenvalue weighted by atomic mass is 19.4. The molecule has 3 N–H and O–H groups in total. The van der Waals surface area contributed by atoms with E-state index in [-0.39, 0.29) is 11.3 Å². The molecule has 0 bridgehead atoms. The fraction of sp³-hybridized carbons (Fsp3) is 0.231. The maximum absolute atomic E-state index is 13.2. The van der Waals surface area contributed by atoms with E-state index in [1.165, 1.54) is 24.3 Å². The van der Waals surface area contributed by atoms with Crippen LogP contribution in [0.4, 0.5) is 22.0 Å². The van der Waals surface area contributed by atoms with E-state index in [1.54, 1.807) is 0 Å². The summed E-state index contributed by atoms with van der Waals surface area (Å²) in [5, 5.41) is 10.2. The highest BCUT2D eigenvalue weighted by molar-refractivity contribution is 5.84. The Labute approximate surface area is 110 Å². The summed E-state index contributed by atoms with van der Waals surface area (Å²) in [6, 6.07) is 5.17. The van der Waals surface area contributed by atoms with Crippen molar-refractivity contribution >= 4 is 10.8 Å². The van der Waals surface area contributed by atoms with Crippen molar-refractivity contribution in [3.8, 4) is 5.75 Å². The summed E-state index contributed by atoms with van der Waals surface area (Å²) in [7, 11) is 0. The summed E-state index contributed by atoms with van der Waals surface area (Å²) in [4.78, 5) is 0. The van der Waals surface area contributed by atoms with Crippen LogP contribution in [-0.2, 0) is 0 Å². The molecule has 0 amide bonds. The zero-order valence-electron chi connectivity index (χ0n) is 9.96. The minimum Gasteiger partial charge on any atom is -0.508 e. The predicted molar refractivity (Wildman–Crippen MR) is 63.5 cm³/mol. The monoisotopic (exact) mass is 291 g/mol. The molecule has 0 saturated heterocycles. The molecule has 2 nitrogen and oxygen atoms in total. The molecular formula is C13H10F5NO. The zero-order chi connectivity index (χ0) is 15.1. The number of aromatic hydroxyl groups is 1. The fourth-order valence-corrected chi connectivity index (χ4v) is 1.83. The van der Waals surface area contributed by atoms with Crippen molar-refractivity contribution in [2.45, 2.75) is 18.1 Å². The Kier molecular flexibility index (Phi) is 3.33. The topological polar surface area (TPSA) is 46.2 Å². The van der Waals surface area contributed by atoms with Crippen LogP contribution in [-0.4, -0.2) is 17.2 Å². The van der Waals surface area contributed by atoms with E-state index in [4.69, 9.17) is 5.73 Å². The third-order valence-electron chi connectivity index (χ3n) is 2.98. The lowest BCUT2D eigenvalue weighted by molar-refractivity contribution is -0.290. The molecule has 0 fully saturated rings. The van der Waals surface area contributed by atoms with Crippen molar-refractivity contribution in [2.24, 2.45) is 5.73 Å². The standard InChI is InChI=1S/C13H10F5NO/c14-12(15,13(16,17)18)11(19)9-2-1-8-6-10(20)4-3-7(8)5-9/h1-6,11,20H,19H2/t11-/m0/s1. The van der Waals surface area contributed by atoms with Gasteiger partial charge in [-0.1, -0.05) is 18.2 Å². The first-order valence-electron chi connectivity index (χ1n) is 5.56. The smallest absolute Gasteiger partial charge is 0.455 e. The quantitative estimate of drug-likeness (QED) is 0.828. The molecule has 20 heavy (non-hydrogen) atoms. The summed E-state index contributed by atoms with van der Waals surface area (Å²) < 4.78 is 63.2. The normalized spacial score (nSPS) is 14.5. The molecule has 0 saturated carbocycles. The SMILES string of the molecule is N[C@@H](c1ccc2cc(O)ccc2c1)C(F)(F)C(F)(F)F. The van der Waals surface area contributed by atoms with E-state index >= 15 is 0 Å². The molecule has 0 aliphatic carbocycles. The van der Waals surface area contributed by atoms with Crippen LogP contribution in [0.15, 0.2) is 36.4 Å². The highest BCUT2D eigenvalue weighted by Crippen LogP contribution is 2.43. The van der Waals surface area contributed by atoms with Gasteiger partial charge in [0.1, 0.15) is 11.8 Å². The molecule has 0 radical (unpaired) electrons. The van der Waals surface area contributed by atoms with Crippen LogP contribution >= 0.6 is 0 Å². The van der Waals surface area contributed by atoms with Gasteiger partial charge in [-0.15, -0.1) is 0 Å². The number of hydrogen-bond donors (Lipinski definition) is 2. The number of halogens is 5. The third-order valence-corrected chi connectivity index (χ3v) is 2.98. The van der Waals surface area contributed by atoms with Gasteiger partial charge in [0.15, 0.2) is 0 Å². The van der Waals surface area contributed by atoms with E-state index in [9.17, 15) is 27.1 Å². The van der Waals surface area contributed by atoms with Gasteiger partial charge in [0.25, 0.3) is 0 Å². The summed E-state index contributed by atoms with van der Waals surface area (Å²) in [6.45, 7) is 0. The van der Waals surface area contributed by atoms with Crippen LogP contribution in [0, 0.1) is 0 Å². The van der Waals surface area contributed by atoms with Crippen molar-refractivity contribution in [1.82, 2.24) is 0 Å². The predicted octanol–water partition coefficient (Wildman–Crippen LogP) is 3.74. The van der Waals surface area contributed by atoms with Gasteiger partial charge in [0.05, 0.1) is 0 Å². The van der Waals surface area contributed by atoms with Crippen molar-refractivity contribution in [3.63, 3.8) is 0 Å². The summed E-state index contributed by atoms with van der Waals surface area (Å²) >= 11 is 0. The molecule has 7 heteroatoms. The molecule has 0 unspecified atom stereocenters. The third kappa shape index (κ3) is 2.40. The number of rotatable bonds is 2. The van der Waals surface area contributed by atoms with Crippen LogP contribution in [0.2, 0.25) is 0 Å². The van der Waals surface area contributed by atoms with Gasteiger partial charge in [0.2, 0.25) is 0 Å². The van der Waals surface area contributed by atoms with Gasteiger partial charge in [-0.05, 0) is 34.5 Å². The molecule has 0 aromatic heterocycles. The van der Waals surface area contributed by atoms with Crippen LogP contribution in [0.5, 0.6) is 5.75 Å². The number of phenolic OH excluding ortho intramolecular Hbond substituents is 1. The van der Waals surface area contributed by atoms with Crippen molar-refractivity contribution in [2.75, 3.05) is 0 Å². The minimum atomic E-state index is -5.71. The van der Waals surface area contributed by atoms with Crippen LogP contribution < -0.4 is 5.73 Å². The Morgan fingerprint density at radius 1 is 0.900 bits per heavy atom. The molecule has 1 atom stereocenters. The molecule has 2 rings (SSSR count). The van der Waals surface area contributed by atoms with E-state index < -0.39 is 18.1 Å². The van der Waals surface area contributed by atoms with Crippen LogP contribution in [0.1, 0.15) is 11.6 Å². The second-order valence-electron chi connectivity index (χ2n) is 4.39. The molecule has 2 aromatic rings. The minimum absolute atomic E-state index is 0.0323. The maximum atomic E-state index is 13.2. The van der Waals surface area contributed by atoms with Gasteiger partial charge < -0.3 is 10.8 Å². The Bertz CT molecular complexity index is 638. The summed E-state index contributed by atoms with van der Waals surface area (Å²) in [6.07, 6.45) is -5.71. The average molecular weight is 291 g/mol. The lowest BCUT2D eigenvalue weighted by Crippen LogP contribution is -2.45. The van der Waals surface area contributed by atoms with Gasteiger partial charge in [-0.2, -0.15) is 22.0 Å². The van der Waals surface area contributed by atoms with E-state index in [2.05, 4.69) is 0 Å². The largest absolute Gasteiger partial charge is 0.508 e. The number of fused-ring (bicyclic) bond motifs is 1. The Morgan fingerprint density at radius 2 is 1.45 bits per heavy atom. The number of nitrogens with two attached hydrogens (primary N) is 1. The van der Waals surface area contributed by atoms with E-state index in [0.29, 0.717) is 10.8 Å². The van der Waals surface area contributed by atoms with Gasteiger partial charge >= 0.3 is 12.1 Å². The molecule has 108 valence electrons. The first-order valence-corrected chi connectivity index (χ1v) is 5.56. The highest BCUT2D eigenvalue weighted by Gasteiger charge is 2.61. The lowest BCUT2D eigenvalue weighted by atomic mass is 9.98. The van der Waals surface area contributed by atoms with Gasteiger partial charge in [-0.25, -0.2) is 0 Å². The molecule has 0 aliphatic rings. The van der Waals surface area contributed by atoms with Gasteiger partial charge in [0, 0.05) is 0 Å². The molecule has 0 spiro atoms. The van der Waals surface area contributed by atoms with Crippen molar-refractivity contribution in [1.29, 1.82) is 0 Å². The Hall–Kier alpha value is -1.89. The van der Waals surface area contributed by atoms with E-state index in [1.807, 2.05) is 0 Å². The zero-order valence-corrected chi connectivity index (χ0v) is 9.96. The van der Waals surface area contributed by atoms with Crippen LogP contribution in [0.25, 0.3) is 10.8 Å². The van der Waals surface area contributed by atoms with Crippen molar-refractivity contribution < 1.29 is 27.1 Å². The number of hydrogen-bond acceptors (Lipinski definition) is 2. The van der Waals surface area contributed by atoms with Crippen molar-refractivity contribution in [3.05, 3.63) is 42.0 Å². The molecule has 0 aliphatic heterocycles. The fourth-order valence-electron chi connectivity index (χ4n) is 1.83. The number of benzene rings is 2. The second-order valence-corrected chi connectivity index (χ2v) is 4.39. The van der Waals surface area contributed by atoms with Gasteiger partial charge in [-0.3, -0.25) is 0 Å². The molecule has 2 aromatic carbocycles. The first-order chi connectivity index (χ1) is 9.13. The first kappa shape index (κ1) is 14.5.